The van der Waals surface area contributed by atoms with Crippen molar-refractivity contribution in [3.63, 3.8) is 0 Å². The molecule has 1 aliphatic carbocycles. The molecule has 0 amide bonds. The standard InChI is InChI=1S/C20H18BrFO4/c21-17-12-13(22)10-11-18(17)26-20(24)16-9-5-4-8-15(16)19(23)25-14-6-2-1-3-7-14/h4-5,8-12,14H,1-3,6-7H2. The van der Waals surface area contributed by atoms with Gasteiger partial charge < -0.3 is 9.47 Å². The van der Waals surface area contributed by atoms with Gasteiger partial charge in [0.2, 0.25) is 0 Å². The third-order valence-electron chi connectivity index (χ3n) is 4.29. The molecule has 0 unspecified atom stereocenters. The number of carbonyl (C=O) groups excluding carboxylic acids is 2. The average Bonchev–Trinajstić information content (AvgIpc) is 2.65. The summed E-state index contributed by atoms with van der Waals surface area (Å²) in [7, 11) is 0. The first-order valence-electron chi connectivity index (χ1n) is 8.52. The van der Waals surface area contributed by atoms with Crippen LogP contribution >= 0.6 is 15.9 Å². The summed E-state index contributed by atoms with van der Waals surface area (Å²) in [5, 5.41) is 0. The van der Waals surface area contributed by atoms with Gasteiger partial charge in [-0.05, 0) is 71.9 Å². The van der Waals surface area contributed by atoms with Gasteiger partial charge in [0.15, 0.2) is 0 Å². The lowest BCUT2D eigenvalue weighted by atomic mass is 9.97. The molecular formula is C20H18BrFO4. The molecule has 0 atom stereocenters. The van der Waals surface area contributed by atoms with Crippen LogP contribution in [0.25, 0.3) is 0 Å². The van der Waals surface area contributed by atoms with Gasteiger partial charge in [0.25, 0.3) is 0 Å². The molecule has 0 spiro atoms. The van der Waals surface area contributed by atoms with E-state index < -0.39 is 17.8 Å². The van der Waals surface area contributed by atoms with Gasteiger partial charge in [0.1, 0.15) is 17.7 Å². The third kappa shape index (κ3) is 4.49. The first kappa shape index (κ1) is 18.6. The van der Waals surface area contributed by atoms with Crippen molar-refractivity contribution in [2.24, 2.45) is 0 Å². The van der Waals surface area contributed by atoms with E-state index in [4.69, 9.17) is 9.47 Å². The summed E-state index contributed by atoms with van der Waals surface area (Å²) in [5.74, 6) is -1.50. The number of hydrogen-bond acceptors (Lipinski definition) is 4. The van der Waals surface area contributed by atoms with Gasteiger partial charge in [-0.25, -0.2) is 14.0 Å². The summed E-state index contributed by atoms with van der Waals surface area (Å²) < 4.78 is 24.3. The van der Waals surface area contributed by atoms with E-state index in [-0.39, 0.29) is 23.0 Å². The van der Waals surface area contributed by atoms with Crippen LogP contribution in [0.1, 0.15) is 52.8 Å². The molecule has 0 aromatic heterocycles. The van der Waals surface area contributed by atoms with Gasteiger partial charge in [-0.1, -0.05) is 18.6 Å². The van der Waals surface area contributed by atoms with E-state index in [0.717, 1.165) is 32.1 Å². The zero-order valence-corrected chi connectivity index (χ0v) is 15.6. The van der Waals surface area contributed by atoms with E-state index >= 15 is 0 Å². The minimum Gasteiger partial charge on any atom is -0.459 e. The van der Waals surface area contributed by atoms with E-state index in [1.165, 1.54) is 24.3 Å². The molecule has 2 aromatic rings. The van der Waals surface area contributed by atoms with E-state index in [0.29, 0.717) is 4.47 Å². The fourth-order valence-electron chi connectivity index (χ4n) is 2.95. The topological polar surface area (TPSA) is 52.6 Å². The minimum atomic E-state index is -0.700. The highest BCUT2D eigenvalue weighted by atomic mass is 79.9. The number of hydrogen-bond donors (Lipinski definition) is 0. The first-order chi connectivity index (χ1) is 12.5. The normalized spacial score (nSPS) is 14.7. The van der Waals surface area contributed by atoms with Crippen LogP contribution in [0.15, 0.2) is 46.9 Å². The zero-order valence-electron chi connectivity index (χ0n) is 14.0. The highest BCUT2D eigenvalue weighted by Gasteiger charge is 2.24. The molecule has 1 aliphatic rings. The summed E-state index contributed by atoms with van der Waals surface area (Å²) in [4.78, 5) is 25.0. The minimum absolute atomic E-state index is 0.105. The first-order valence-corrected chi connectivity index (χ1v) is 9.31. The Labute approximate surface area is 159 Å². The Morgan fingerprint density at radius 2 is 1.62 bits per heavy atom. The molecule has 6 heteroatoms. The van der Waals surface area contributed by atoms with E-state index in [1.54, 1.807) is 18.2 Å². The molecule has 4 nitrogen and oxygen atoms in total. The summed E-state index contributed by atoms with van der Waals surface area (Å²) in [6.07, 6.45) is 4.83. The molecule has 0 saturated heterocycles. The number of ether oxygens (including phenoxy) is 2. The SMILES string of the molecule is O=C(Oc1ccc(F)cc1Br)c1ccccc1C(=O)OC1CCCCC1. The van der Waals surface area contributed by atoms with Crippen LogP contribution in [-0.2, 0) is 4.74 Å². The number of benzene rings is 2. The highest BCUT2D eigenvalue weighted by molar-refractivity contribution is 9.10. The predicted molar refractivity (Wildman–Crippen MR) is 97.8 cm³/mol. The molecule has 0 radical (unpaired) electrons. The predicted octanol–water partition coefficient (Wildman–Crippen LogP) is 5.30. The molecule has 136 valence electrons. The van der Waals surface area contributed by atoms with Gasteiger partial charge in [0.05, 0.1) is 15.6 Å². The molecule has 0 heterocycles. The lowest BCUT2D eigenvalue weighted by molar-refractivity contribution is 0.0207. The lowest BCUT2D eigenvalue weighted by Gasteiger charge is -2.22. The Morgan fingerprint density at radius 3 is 2.27 bits per heavy atom. The van der Waals surface area contributed by atoms with Crippen LogP contribution < -0.4 is 4.74 Å². The van der Waals surface area contributed by atoms with Crippen molar-refractivity contribution in [2.45, 2.75) is 38.2 Å². The van der Waals surface area contributed by atoms with E-state index in [9.17, 15) is 14.0 Å². The van der Waals surface area contributed by atoms with Crippen molar-refractivity contribution in [3.8, 4) is 5.75 Å². The van der Waals surface area contributed by atoms with Crippen LogP contribution in [0.5, 0.6) is 5.75 Å². The largest absolute Gasteiger partial charge is 0.459 e. The molecule has 3 rings (SSSR count). The van der Waals surface area contributed by atoms with Crippen LogP contribution in [0.3, 0.4) is 0 Å². The highest BCUT2D eigenvalue weighted by Crippen LogP contribution is 2.27. The maximum atomic E-state index is 13.2. The molecule has 1 fully saturated rings. The second kappa shape index (κ2) is 8.45. The maximum absolute atomic E-state index is 13.2. The molecule has 1 saturated carbocycles. The van der Waals surface area contributed by atoms with Gasteiger partial charge >= 0.3 is 11.9 Å². The van der Waals surface area contributed by atoms with Gasteiger partial charge in [0, 0.05) is 0 Å². The van der Waals surface area contributed by atoms with Gasteiger partial charge in [-0.3, -0.25) is 0 Å². The second-order valence-corrected chi connectivity index (χ2v) is 7.03. The van der Waals surface area contributed by atoms with E-state index in [2.05, 4.69) is 15.9 Å². The average molecular weight is 421 g/mol. The molecule has 26 heavy (non-hydrogen) atoms. The molecule has 0 bridgehead atoms. The van der Waals surface area contributed by atoms with Gasteiger partial charge in [-0.15, -0.1) is 0 Å². The van der Waals surface area contributed by atoms with Crippen molar-refractivity contribution < 1.29 is 23.5 Å². The smallest absolute Gasteiger partial charge is 0.344 e. The van der Waals surface area contributed by atoms with Crippen molar-refractivity contribution >= 4 is 27.9 Å². The Balaban J connectivity index is 1.77. The van der Waals surface area contributed by atoms with Crippen molar-refractivity contribution in [3.05, 3.63) is 63.9 Å². The number of rotatable bonds is 4. The molecule has 0 aliphatic heterocycles. The summed E-state index contributed by atoms with van der Waals surface area (Å²) in [6.45, 7) is 0. The van der Waals surface area contributed by atoms with Crippen LogP contribution in [0.4, 0.5) is 4.39 Å². The van der Waals surface area contributed by atoms with Crippen LogP contribution in [-0.4, -0.2) is 18.0 Å². The second-order valence-electron chi connectivity index (χ2n) is 6.18. The summed E-state index contributed by atoms with van der Waals surface area (Å²) in [6, 6.07) is 10.1. The van der Waals surface area contributed by atoms with E-state index in [1.807, 2.05) is 0 Å². The molecule has 0 N–H and O–H groups in total. The van der Waals surface area contributed by atoms with Crippen molar-refractivity contribution in [1.29, 1.82) is 0 Å². The number of halogens is 2. The molecular weight excluding hydrogens is 403 g/mol. The number of esters is 2. The number of carbonyl (C=O) groups is 2. The quantitative estimate of drug-likeness (QED) is 0.497. The summed E-state index contributed by atoms with van der Waals surface area (Å²) >= 11 is 3.15. The Kier molecular flexibility index (Phi) is 6.04. The monoisotopic (exact) mass is 420 g/mol. The third-order valence-corrected chi connectivity index (χ3v) is 4.91. The summed E-state index contributed by atoms with van der Waals surface area (Å²) in [5.41, 5.74) is 0.283. The Morgan fingerprint density at radius 1 is 0.962 bits per heavy atom. The van der Waals surface area contributed by atoms with Crippen LogP contribution in [0, 0.1) is 5.82 Å². The van der Waals surface area contributed by atoms with Gasteiger partial charge in [-0.2, -0.15) is 0 Å². The van der Waals surface area contributed by atoms with Crippen molar-refractivity contribution in [2.75, 3.05) is 0 Å². The zero-order chi connectivity index (χ0) is 18.5. The fourth-order valence-corrected chi connectivity index (χ4v) is 3.38. The maximum Gasteiger partial charge on any atom is 0.344 e. The van der Waals surface area contributed by atoms with Crippen molar-refractivity contribution in [1.82, 2.24) is 0 Å². The Hall–Kier alpha value is -2.21. The van der Waals surface area contributed by atoms with Crippen LogP contribution in [0.2, 0.25) is 0 Å². The Bertz CT molecular complexity index is 815. The lowest BCUT2D eigenvalue weighted by Crippen LogP contribution is -2.23. The molecule has 2 aromatic carbocycles. The fraction of sp³-hybridized carbons (Fsp3) is 0.300.